The zero-order chi connectivity index (χ0) is 17.4. The number of amides is 2. The Bertz CT molecular complexity index is 713. The summed E-state index contributed by atoms with van der Waals surface area (Å²) in [6.45, 7) is 4.51. The fraction of sp³-hybridized carbons (Fsp3) is 0.263. The smallest absolute Gasteiger partial charge is 0.251 e. The van der Waals surface area contributed by atoms with Gasteiger partial charge in [0.15, 0.2) is 0 Å². The van der Waals surface area contributed by atoms with E-state index in [0.717, 1.165) is 11.3 Å². The maximum absolute atomic E-state index is 12.1. The average Bonchev–Trinajstić information content (AvgIpc) is 2.54. The SMILES string of the molecule is CC(=O)Nc1cccc(C(=O)NCCCOc2cccc(C)c2)c1. The second kappa shape index (κ2) is 8.72. The van der Waals surface area contributed by atoms with Gasteiger partial charge in [0.1, 0.15) is 5.75 Å². The molecule has 0 aliphatic carbocycles. The predicted octanol–water partition coefficient (Wildman–Crippen LogP) is 3.15. The second-order valence-electron chi connectivity index (χ2n) is 5.54. The molecular formula is C19H22N2O3. The third kappa shape index (κ3) is 5.76. The highest BCUT2D eigenvalue weighted by atomic mass is 16.5. The first kappa shape index (κ1) is 17.5. The standard InChI is InChI=1S/C19H22N2O3/c1-14-6-3-9-18(12-14)24-11-5-10-20-19(23)16-7-4-8-17(13-16)21-15(2)22/h3-4,6-9,12-13H,5,10-11H2,1-2H3,(H,20,23)(H,21,22). The van der Waals surface area contributed by atoms with Crippen LogP contribution < -0.4 is 15.4 Å². The van der Waals surface area contributed by atoms with Crippen LogP contribution in [0.15, 0.2) is 48.5 Å². The van der Waals surface area contributed by atoms with Gasteiger partial charge in [0.05, 0.1) is 6.61 Å². The largest absolute Gasteiger partial charge is 0.494 e. The van der Waals surface area contributed by atoms with Crippen LogP contribution in [-0.2, 0) is 4.79 Å². The lowest BCUT2D eigenvalue weighted by atomic mass is 10.2. The van der Waals surface area contributed by atoms with Gasteiger partial charge in [0, 0.05) is 24.7 Å². The van der Waals surface area contributed by atoms with Crippen molar-refractivity contribution in [1.29, 1.82) is 0 Å². The van der Waals surface area contributed by atoms with E-state index in [1.807, 2.05) is 31.2 Å². The Morgan fingerprint density at radius 2 is 1.88 bits per heavy atom. The van der Waals surface area contributed by atoms with Crippen LogP contribution in [0.5, 0.6) is 5.75 Å². The van der Waals surface area contributed by atoms with Crippen molar-refractivity contribution >= 4 is 17.5 Å². The minimum Gasteiger partial charge on any atom is -0.494 e. The van der Waals surface area contributed by atoms with E-state index < -0.39 is 0 Å². The summed E-state index contributed by atoms with van der Waals surface area (Å²) in [5.74, 6) is 0.503. The Balaban J connectivity index is 1.74. The molecule has 0 spiro atoms. The molecule has 0 heterocycles. The number of aryl methyl sites for hydroxylation is 1. The predicted molar refractivity (Wildman–Crippen MR) is 94.4 cm³/mol. The summed E-state index contributed by atoms with van der Waals surface area (Å²) in [7, 11) is 0. The van der Waals surface area contributed by atoms with Crippen molar-refractivity contribution in [3.05, 3.63) is 59.7 Å². The highest BCUT2D eigenvalue weighted by Crippen LogP contribution is 2.12. The number of ether oxygens (including phenoxy) is 1. The van der Waals surface area contributed by atoms with E-state index in [9.17, 15) is 9.59 Å². The van der Waals surface area contributed by atoms with Gasteiger partial charge in [0.25, 0.3) is 5.91 Å². The lowest BCUT2D eigenvalue weighted by Gasteiger charge is -2.09. The van der Waals surface area contributed by atoms with E-state index in [-0.39, 0.29) is 11.8 Å². The maximum atomic E-state index is 12.1. The van der Waals surface area contributed by atoms with Crippen LogP contribution in [0.25, 0.3) is 0 Å². The summed E-state index contributed by atoms with van der Waals surface area (Å²) < 4.78 is 5.64. The molecule has 5 nitrogen and oxygen atoms in total. The minimum absolute atomic E-state index is 0.166. The van der Waals surface area contributed by atoms with Gasteiger partial charge in [-0.1, -0.05) is 18.2 Å². The highest BCUT2D eigenvalue weighted by molar-refractivity contribution is 5.96. The van der Waals surface area contributed by atoms with Crippen LogP contribution in [0.3, 0.4) is 0 Å². The molecule has 0 saturated carbocycles. The van der Waals surface area contributed by atoms with Gasteiger partial charge in [-0.15, -0.1) is 0 Å². The third-order valence-corrected chi connectivity index (χ3v) is 3.31. The van der Waals surface area contributed by atoms with E-state index >= 15 is 0 Å². The van der Waals surface area contributed by atoms with E-state index in [2.05, 4.69) is 10.6 Å². The Kier molecular flexibility index (Phi) is 6.37. The number of nitrogens with one attached hydrogen (secondary N) is 2. The number of carbonyl (C=O) groups is 2. The number of hydrogen-bond donors (Lipinski definition) is 2. The molecule has 5 heteroatoms. The fourth-order valence-corrected chi connectivity index (χ4v) is 2.21. The summed E-state index contributed by atoms with van der Waals surface area (Å²) in [5.41, 5.74) is 2.28. The first-order valence-corrected chi connectivity index (χ1v) is 7.90. The summed E-state index contributed by atoms with van der Waals surface area (Å²) in [6.07, 6.45) is 0.713. The van der Waals surface area contributed by atoms with Crippen LogP contribution in [0.1, 0.15) is 29.3 Å². The molecule has 0 unspecified atom stereocenters. The van der Waals surface area contributed by atoms with Gasteiger partial charge in [-0.2, -0.15) is 0 Å². The summed E-state index contributed by atoms with van der Waals surface area (Å²) in [4.78, 5) is 23.1. The Morgan fingerprint density at radius 3 is 2.62 bits per heavy atom. The lowest BCUT2D eigenvalue weighted by molar-refractivity contribution is -0.114. The minimum atomic E-state index is -0.169. The number of benzene rings is 2. The normalized spacial score (nSPS) is 10.1. The Hall–Kier alpha value is -2.82. The average molecular weight is 326 g/mol. The van der Waals surface area contributed by atoms with Crippen molar-refractivity contribution in [3.8, 4) is 5.75 Å². The van der Waals surface area contributed by atoms with Crippen LogP contribution in [0.4, 0.5) is 5.69 Å². The van der Waals surface area contributed by atoms with E-state index in [0.29, 0.717) is 30.8 Å². The molecule has 0 aromatic heterocycles. The van der Waals surface area contributed by atoms with Gasteiger partial charge in [-0.25, -0.2) is 0 Å². The van der Waals surface area contributed by atoms with Crippen molar-refractivity contribution in [2.24, 2.45) is 0 Å². The number of anilines is 1. The van der Waals surface area contributed by atoms with Gasteiger partial charge >= 0.3 is 0 Å². The van der Waals surface area contributed by atoms with Crippen LogP contribution in [-0.4, -0.2) is 25.0 Å². The maximum Gasteiger partial charge on any atom is 0.251 e. The molecule has 24 heavy (non-hydrogen) atoms. The van der Waals surface area contributed by atoms with Gasteiger partial charge in [-0.05, 0) is 49.2 Å². The molecule has 0 saturated heterocycles. The summed E-state index contributed by atoms with van der Waals surface area (Å²) >= 11 is 0. The second-order valence-corrected chi connectivity index (χ2v) is 5.54. The van der Waals surface area contributed by atoms with E-state index in [1.165, 1.54) is 6.92 Å². The lowest BCUT2D eigenvalue weighted by Crippen LogP contribution is -2.25. The quantitative estimate of drug-likeness (QED) is 0.768. The molecule has 0 bridgehead atoms. The molecule has 0 fully saturated rings. The third-order valence-electron chi connectivity index (χ3n) is 3.31. The molecule has 2 amide bonds. The molecule has 2 N–H and O–H groups in total. The molecule has 0 aliphatic rings. The molecule has 126 valence electrons. The van der Waals surface area contributed by atoms with Crippen molar-refractivity contribution in [2.75, 3.05) is 18.5 Å². The molecule has 2 aromatic carbocycles. The first-order valence-electron chi connectivity index (χ1n) is 7.90. The van der Waals surface area contributed by atoms with Crippen molar-refractivity contribution in [1.82, 2.24) is 5.32 Å². The molecule has 0 radical (unpaired) electrons. The highest BCUT2D eigenvalue weighted by Gasteiger charge is 2.06. The zero-order valence-electron chi connectivity index (χ0n) is 14.0. The van der Waals surface area contributed by atoms with Gasteiger partial charge in [0.2, 0.25) is 5.91 Å². The zero-order valence-corrected chi connectivity index (χ0v) is 14.0. The van der Waals surface area contributed by atoms with Crippen LogP contribution in [0, 0.1) is 6.92 Å². The molecule has 0 atom stereocenters. The monoisotopic (exact) mass is 326 g/mol. The molecular weight excluding hydrogens is 304 g/mol. The first-order chi connectivity index (χ1) is 11.5. The topological polar surface area (TPSA) is 67.4 Å². The Labute approximate surface area is 142 Å². The summed E-state index contributed by atoms with van der Waals surface area (Å²) in [5, 5.41) is 5.51. The van der Waals surface area contributed by atoms with Gasteiger partial charge < -0.3 is 15.4 Å². The fourth-order valence-electron chi connectivity index (χ4n) is 2.21. The van der Waals surface area contributed by atoms with Crippen molar-refractivity contribution in [2.45, 2.75) is 20.3 Å². The summed E-state index contributed by atoms with van der Waals surface area (Å²) in [6, 6.07) is 14.7. The Morgan fingerprint density at radius 1 is 1.08 bits per heavy atom. The molecule has 2 rings (SSSR count). The van der Waals surface area contributed by atoms with E-state index in [4.69, 9.17) is 4.74 Å². The number of carbonyl (C=O) groups excluding carboxylic acids is 2. The van der Waals surface area contributed by atoms with Crippen molar-refractivity contribution in [3.63, 3.8) is 0 Å². The van der Waals surface area contributed by atoms with Crippen LogP contribution in [0.2, 0.25) is 0 Å². The van der Waals surface area contributed by atoms with E-state index in [1.54, 1.807) is 24.3 Å². The number of hydrogen-bond acceptors (Lipinski definition) is 3. The molecule has 2 aromatic rings. The van der Waals surface area contributed by atoms with Gasteiger partial charge in [-0.3, -0.25) is 9.59 Å². The van der Waals surface area contributed by atoms with Crippen molar-refractivity contribution < 1.29 is 14.3 Å². The molecule has 0 aliphatic heterocycles. The number of rotatable bonds is 7. The van der Waals surface area contributed by atoms with Crippen LogP contribution >= 0.6 is 0 Å².